The second-order valence-electron chi connectivity index (χ2n) is 5.45. The number of amides is 1. The van der Waals surface area contributed by atoms with E-state index in [0.29, 0.717) is 0 Å². The van der Waals surface area contributed by atoms with Gasteiger partial charge < -0.3 is 15.7 Å². The van der Waals surface area contributed by atoms with E-state index in [4.69, 9.17) is 0 Å². The van der Waals surface area contributed by atoms with Crippen molar-refractivity contribution in [2.75, 3.05) is 11.9 Å². The predicted octanol–water partition coefficient (Wildman–Crippen LogP) is 1.43. The third-order valence-corrected chi connectivity index (χ3v) is 2.97. The molecule has 0 aliphatic carbocycles. The molecule has 0 unspecified atom stereocenters. The van der Waals surface area contributed by atoms with Crippen LogP contribution >= 0.6 is 0 Å². The number of anilines is 1. The first-order valence-corrected chi connectivity index (χ1v) is 6.29. The highest BCUT2D eigenvalue weighted by Crippen LogP contribution is 2.19. The van der Waals surface area contributed by atoms with Crippen LogP contribution in [0.2, 0.25) is 0 Å². The molecule has 0 saturated carbocycles. The summed E-state index contributed by atoms with van der Waals surface area (Å²) >= 11 is 0. The van der Waals surface area contributed by atoms with Crippen LogP contribution in [-0.2, 0) is 17.8 Å². The highest BCUT2D eigenvalue weighted by Gasteiger charge is 2.18. The van der Waals surface area contributed by atoms with Gasteiger partial charge in [-0.25, -0.2) is 0 Å². The van der Waals surface area contributed by atoms with E-state index in [1.807, 2.05) is 18.2 Å². The standard InChI is InChI=1S/C14H20N2O2/c1-14(2,18)8-13(17)16-12-4-3-11-9-15-6-5-10(11)7-12/h3-4,7,15,18H,5-6,8-9H2,1-2H3,(H,16,17). The summed E-state index contributed by atoms with van der Waals surface area (Å²) in [4.78, 5) is 11.7. The van der Waals surface area contributed by atoms with Crippen LogP contribution in [0.5, 0.6) is 0 Å². The average molecular weight is 248 g/mol. The summed E-state index contributed by atoms with van der Waals surface area (Å²) in [6, 6.07) is 5.98. The molecule has 2 rings (SSSR count). The van der Waals surface area contributed by atoms with Crippen molar-refractivity contribution in [2.45, 2.75) is 38.8 Å². The maximum atomic E-state index is 11.7. The fourth-order valence-electron chi connectivity index (χ4n) is 2.15. The lowest BCUT2D eigenvalue weighted by Crippen LogP contribution is -2.27. The Kier molecular flexibility index (Phi) is 3.68. The molecule has 0 aromatic heterocycles. The van der Waals surface area contributed by atoms with Crippen LogP contribution in [0.4, 0.5) is 5.69 Å². The molecule has 0 atom stereocenters. The van der Waals surface area contributed by atoms with Gasteiger partial charge in [0.1, 0.15) is 0 Å². The van der Waals surface area contributed by atoms with E-state index in [9.17, 15) is 9.90 Å². The molecule has 1 aliphatic heterocycles. The fourth-order valence-corrected chi connectivity index (χ4v) is 2.15. The highest BCUT2D eigenvalue weighted by molar-refractivity contribution is 5.91. The molecule has 1 aromatic carbocycles. The van der Waals surface area contributed by atoms with Crippen LogP contribution in [0.15, 0.2) is 18.2 Å². The number of carbonyl (C=O) groups is 1. The molecule has 1 amide bonds. The number of rotatable bonds is 3. The van der Waals surface area contributed by atoms with Gasteiger partial charge in [-0.2, -0.15) is 0 Å². The minimum Gasteiger partial charge on any atom is -0.390 e. The summed E-state index contributed by atoms with van der Waals surface area (Å²) in [6.07, 6.45) is 1.09. The Labute approximate surface area is 107 Å². The topological polar surface area (TPSA) is 61.4 Å². The second-order valence-corrected chi connectivity index (χ2v) is 5.45. The largest absolute Gasteiger partial charge is 0.390 e. The summed E-state index contributed by atoms with van der Waals surface area (Å²) in [5.41, 5.74) is 2.42. The van der Waals surface area contributed by atoms with Crippen molar-refractivity contribution in [3.05, 3.63) is 29.3 Å². The van der Waals surface area contributed by atoms with Gasteiger partial charge in [-0.1, -0.05) is 6.07 Å². The Hall–Kier alpha value is -1.39. The van der Waals surface area contributed by atoms with Gasteiger partial charge in [0.15, 0.2) is 0 Å². The van der Waals surface area contributed by atoms with Crippen molar-refractivity contribution in [3.8, 4) is 0 Å². The maximum Gasteiger partial charge on any atom is 0.227 e. The monoisotopic (exact) mass is 248 g/mol. The Balaban J connectivity index is 2.04. The molecule has 1 aromatic rings. The lowest BCUT2D eigenvalue weighted by atomic mass is 10.00. The van der Waals surface area contributed by atoms with Gasteiger partial charge in [0.2, 0.25) is 5.91 Å². The van der Waals surface area contributed by atoms with Crippen LogP contribution in [-0.4, -0.2) is 23.2 Å². The van der Waals surface area contributed by atoms with E-state index in [1.54, 1.807) is 13.8 Å². The third kappa shape index (κ3) is 3.55. The quantitative estimate of drug-likeness (QED) is 0.758. The van der Waals surface area contributed by atoms with Gasteiger partial charge in [0.25, 0.3) is 0 Å². The molecule has 0 bridgehead atoms. The lowest BCUT2D eigenvalue weighted by molar-refractivity contribution is -0.119. The molecule has 4 heteroatoms. The van der Waals surface area contributed by atoms with Crippen molar-refractivity contribution in [1.29, 1.82) is 0 Å². The number of hydrogen-bond donors (Lipinski definition) is 3. The summed E-state index contributed by atoms with van der Waals surface area (Å²) < 4.78 is 0. The Morgan fingerprint density at radius 1 is 1.44 bits per heavy atom. The van der Waals surface area contributed by atoms with Gasteiger partial charge in [-0.05, 0) is 50.1 Å². The van der Waals surface area contributed by atoms with Crippen LogP contribution < -0.4 is 10.6 Å². The van der Waals surface area contributed by atoms with Gasteiger partial charge in [0, 0.05) is 12.2 Å². The number of fused-ring (bicyclic) bond motifs is 1. The summed E-state index contributed by atoms with van der Waals surface area (Å²) in [5, 5.41) is 15.7. The number of nitrogens with one attached hydrogen (secondary N) is 2. The molecule has 3 N–H and O–H groups in total. The summed E-state index contributed by atoms with van der Waals surface area (Å²) in [7, 11) is 0. The fraction of sp³-hybridized carbons (Fsp3) is 0.500. The molecule has 0 saturated heterocycles. The van der Waals surface area contributed by atoms with Crippen LogP contribution in [0.3, 0.4) is 0 Å². The minimum atomic E-state index is -0.970. The van der Waals surface area contributed by atoms with E-state index >= 15 is 0 Å². The second kappa shape index (κ2) is 5.08. The first-order chi connectivity index (χ1) is 8.44. The summed E-state index contributed by atoms with van der Waals surface area (Å²) in [5.74, 6) is -0.156. The number of benzene rings is 1. The molecule has 0 spiro atoms. The van der Waals surface area contributed by atoms with Crippen molar-refractivity contribution in [2.24, 2.45) is 0 Å². The number of carbonyl (C=O) groups excluding carboxylic acids is 1. The lowest BCUT2D eigenvalue weighted by Gasteiger charge is -2.19. The smallest absolute Gasteiger partial charge is 0.227 e. The molecular weight excluding hydrogens is 228 g/mol. The minimum absolute atomic E-state index is 0.103. The first kappa shape index (κ1) is 13.1. The average Bonchev–Trinajstić information content (AvgIpc) is 2.26. The Morgan fingerprint density at radius 2 is 2.22 bits per heavy atom. The van der Waals surface area contributed by atoms with E-state index < -0.39 is 5.60 Å². The third-order valence-electron chi connectivity index (χ3n) is 2.97. The molecule has 4 nitrogen and oxygen atoms in total. The van der Waals surface area contributed by atoms with Crippen molar-refractivity contribution < 1.29 is 9.90 Å². The highest BCUT2D eigenvalue weighted by atomic mass is 16.3. The van der Waals surface area contributed by atoms with Gasteiger partial charge in [0.05, 0.1) is 12.0 Å². The van der Waals surface area contributed by atoms with Gasteiger partial charge >= 0.3 is 0 Å². The molecular formula is C14H20N2O2. The number of aliphatic hydroxyl groups is 1. The SMILES string of the molecule is CC(C)(O)CC(=O)Nc1ccc2c(c1)CCNC2. The Bertz CT molecular complexity index is 450. The zero-order valence-corrected chi connectivity index (χ0v) is 10.9. The van der Waals surface area contributed by atoms with Gasteiger partial charge in [-0.15, -0.1) is 0 Å². The molecule has 1 aliphatic rings. The van der Waals surface area contributed by atoms with Crippen LogP contribution in [0.25, 0.3) is 0 Å². The normalized spacial score (nSPS) is 15.1. The predicted molar refractivity (Wildman–Crippen MR) is 71.4 cm³/mol. The van der Waals surface area contributed by atoms with E-state index in [-0.39, 0.29) is 12.3 Å². The maximum absolute atomic E-state index is 11.7. The van der Waals surface area contributed by atoms with E-state index in [0.717, 1.165) is 25.2 Å². The van der Waals surface area contributed by atoms with Crippen molar-refractivity contribution >= 4 is 11.6 Å². The van der Waals surface area contributed by atoms with Crippen molar-refractivity contribution in [3.63, 3.8) is 0 Å². The summed E-state index contributed by atoms with van der Waals surface area (Å²) in [6.45, 7) is 5.14. The zero-order chi connectivity index (χ0) is 13.2. The molecule has 0 radical (unpaired) electrons. The zero-order valence-electron chi connectivity index (χ0n) is 10.9. The molecule has 0 fully saturated rings. The molecule has 98 valence electrons. The molecule has 18 heavy (non-hydrogen) atoms. The van der Waals surface area contributed by atoms with E-state index in [2.05, 4.69) is 10.6 Å². The van der Waals surface area contributed by atoms with Gasteiger partial charge in [-0.3, -0.25) is 4.79 Å². The number of hydrogen-bond acceptors (Lipinski definition) is 3. The van der Waals surface area contributed by atoms with E-state index in [1.165, 1.54) is 11.1 Å². The molecule has 1 heterocycles. The first-order valence-electron chi connectivity index (χ1n) is 6.29. The van der Waals surface area contributed by atoms with Crippen LogP contribution in [0.1, 0.15) is 31.4 Å². The van der Waals surface area contributed by atoms with Crippen molar-refractivity contribution in [1.82, 2.24) is 5.32 Å². The van der Waals surface area contributed by atoms with Crippen LogP contribution in [0, 0.1) is 0 Å². The Morgan fingerprint density at radius 3 is 2.94 bits per heavy atom.